The van der Waals surface area contributed by atoms with Gasteiger partial charge in [0, 0.05) is 19.0 Å². The van der Waals surface area contributed by atoms with Gasteiger partial charge in [0.15, 0.2) is 11.4 Å². The third-order valence-electron chi connectivity index (χ3n) is 5.65. The van der Waals surface area contributed by atoms with Gasteiger partial charge in [-0.3, -0.25) is 23.9 Å². The molecule has 10 nitrogen and oxygen atoms in total. The van der Waals surface area contributed by atoms with Gasteiger partial charge in [0.05, 0.1) is 11.9 Å². The molecule has 4 aromatic rings. The summed E-state index contributed by atoms with van der Waals surface area (Å²) in [6.07, 6.45) is 0. The minimum atomic E-state index is -0.799. The van der Waals surface area contributed by atoms with Crippen molar-refractivity contribution in [2.45, 2.75) is 26.9 Å². The Morgan fingerprint density at radius 1 is 1.03 bits per heavy atom. The fraction of sp³-hybridized carbons (Fsp3) is 0.240. The Kier molecular flexibility index (Phi) is 6.37. The third kappa shape index (κ3) is 4.50. The Morgan fingerprint density at radius 2 is 1.66 bits per heavy atom. The summed E-state index contributed by atoms with van der Waals surface area (Å²) in [4.78, 5) is 55.1. The van der Waals surface area contributed by atoms with Crippen LogP contribution < -0.4 is 27.4 Å². The van der Waals surface area contributed by atoms with Crippen molar-refractivity contribution in [2.75, 3.05) is 17.7 Å². The monoisotopic (exact) mass is 474 g/mol. The summed E-state index contributed by atoms with van der Waals surface area (Å²) in [6.45, 7) is 4.30. The number of carbonyl (C=O) groups is 1. The quantitative estimate of drug-likeness (QED) is 0.437. The van der Waals surface area contributed by atoms with Gasteiger partial charge in [0.1, 0.15) is 5.82 Å². The molecular weight excluding hydrogens is 448 g/mol. The second kappa shape index (κ2) is 9.41. The van der Waals surface area contributed by atoms with Crippen LogP contribution >= 0.6 is 0 Å². The summed E-state index contributed by atoms with van der Waals surface area (Å²) in [7, 11) is 1.38. The van der Waals surface area contributed by atoms with Crippen LogP contribution in [-0.2, 0) is 13.1 Å². The number of hydrogen-bond donors (Lipinski definition) is 2. The maximum absolute atomic E-state index is 13.6. The Bertz CT molecular complexity index is 1580. The number of fused-ring (bicyclic) bond motifs is 1. The summed E-state index contributed by atoms with van der Waals surface area (Å²) in [5.41, 5.74) is 5.08. The number of aromatic amines is 1. The molecule has 0 aliphatic carbocycles. The van der Waals surface area contributed by atoms with Crippen molar-refractivity contribution in [3.05, 3.63) is 97.0 Å². The Hall–Kier alpha value is -4.47. The summed E-state index contributed by atoms with van der Waals surface area (Å²) >= 11 is 0. The van der Waals surface area contributed by atoms with Crippen molar-refractivity contribution in [2.24, 2.45) is 5.92 Å². The molecule has 0 fully saturated rings. The fourth-order valence-corrected chi connectivity index (χ4v) is 3.95. The average Bonchev–Trinajstić information content (AvgIpc) is 2.83. The number of nitrogens with two attached hydrogens (primary N) is 1. The summed E-state index contributed by atoms with van der Waals surface area (Å²) in [6, 6.07) is 15.8. The molecule has 0 saturated carbocycles. The van der Waals surface area contributed by atoms with Gasteiger partial charge >= 0.3 is 5.69 Å². The first kappa shape index (κ1) is 23.7. The van der Waals surface area contributed by atoms with E-state index in [-0.39, 0.29) is 35.2 Å². The van der Waals surface area contributed by atoms with E-state index in [2.05, 4.69) is 10.1 Å². The lowest BCUT2D eigenvalue weighted by Crippen LogP contribution is -2.40. The highest BCUT2D eigenvalue weighted by atomic mass is 16.2. The molecule has 10 heteroatoms. The van der Waals surface area contributed by atoms with Crippen LogP contribution in [0.3, 0.4) is 0 Å². The first-order valence-corrected chi connectivity index (χ1v) is 11.1. The number of nitrogen functional groups attached to an aromatic ring is 1. The molecule has 0 bridgehead atoms. The number of benzene rings is 2. The zero-order valence-corrected chi connectivity index (χ0v) is 19.7. The molecule has 0 spiro atoms. The van der Waals surface area contributed by atoms with E-state index in [1.54, 1.807) is 24.3 Å². The SMILES string of the molecule is CC(C)Cn1nc(C(=O)N(C)c2c(N)n(Cc3ccccc3)c(=O)[nH]c2=O)c2ccccc2c1=O. The van der Waals surface area contributed by atoms with E-state index in [0.717, 1.165) is 10.5 Å². The highest BCUT2D eigenvalue weighted by Gasteiger charge is 2.26. The molecule has 0 radical (unpaired) electrons. The van der Waals surface area contributed by atoms with Gasteiger partial charge in [-0.1, -0.05) is 62.4 Å². The molecule has 0 aliphatic rings. The first-order chi connectivity index (χ1) is 16.7. The maximum Gasteiger partial charge on any atom is 0.330 e. The predicted molar refractivity (Wildman–Crippen MR) is 135 cm³/mol. The largest absolute Gasteiger partial charge is 0.383 e. The molecule has 0 saturated heterocycles. The smallest absolute Gasteiger partial charge is 0.330 e. The van der Waals surface area contributed by atoms with Gasteiger partial charge in [-0.2, -0.15) is 5.10 Å². The molecule has 35 heavy (non-hydrogen) atoms. The first-order valence-electron chi connectivity index (χ1n) is 11.1. The number of H-pyrrole nitrogens is 1. The zero-order valence-electron chi connectivity index (χ0n) is 19.7. The number of aromatic nitrogens is 4. The molecular formula is C25H26N6O4. The van der Waals surface area contributed by atoms with E-state index >= 15 is 0 Å². The van der Waals surface area contributed by atoms with Crippen molar-refractivity contribution in [1.82, 2.24) is 19.3 Å². The minimum absolute atomic E-state index is 0.00274. The van der Waals surface area contributed by atoms with Gasteiger partial charge < -0.3 is 10.6 Å². The number of nitrogens with zero attached hydrogens (tertiary/aromatic N) is 4. The van der Waals surface area contributed by atoms with Gasteiger partial charge in [-0.15, -0.1) is 0 Å². The number of hydrogen-bond acceptors (Lipinski definition) is 6. The van der Waals surface area contributed by atoms with Crippen molar-refractivity contribution < 1.29 is 4.79 Å². The van der Waals surface area contributed by atoms with E-state index in [9.17, 15) is 19.2 Å². The Morgan fingerprint density at radius 3 is 2.31 bits per heavy atom. The molecule has 1 amide bonds. The summed E-state index contributed by atoms with van der Waals surface area (Å²) in [5, 5.41) is 5.05. The van der Waals surface area contributed by atoms with Crippen LogP contribution in [0.4, 0.5) is 11.5 Å². The molecule has 0 atom stereocenters. The van der Waals surface area contributed by atoms with Crippen molar-refractivity contribution >= 4 is 28.2 Å². The number of carbonyl (C=O) groups excluding carboxylic acids is 1. The highest BCUT2D eigenvalue weighted by Crippen LogP contribution is 2.21. The van der Waals surface area contributed by atoms with Gasteiger partial charge in [0.25, 0.3) is 17.0 Å². The van der Waals surface area contributed by atoms with E-state index in [1.807, 2.05) is 44.2 Å². The molecule has 0 aliphatic heterocycles. The lowest BCUT2D eigenvalue weighted by molar-refractivity contribution is 0.0987. The lowest BCUT2D eigenvalue weighted by Gasteiger charge is -2.21. The topological polar surface area (TPSA) is 136 Å². The van der Waals surface area contributed by atoms with Crippen LogP contribution in [0.25, 0.3) is 10.8 Å². The average molecular weight is 475 g/mol. The standard InChI is InChI=1S/C25H26N6O4/c1-15(2)13-31-23(33)18-12-8-7-11-17(18)19(28-31)24(34)29(3)20-21(26)30(25(35)27-22(20)32)14-16-9-5-4-6-10-16/h4-12,15H,13-14,26H2,1-3H3,(H,27,32,35). The molecule has 3 N–H and O–H groups in total. The predicted octanol–water partition coefficient (Wildman–Crippen LogP) is 1.81. The van der Waals surface area contributed by atoms with Crippen LogP contribution in [0.1, 0.15) is 29.9 Å². The van der Waals surface area contributed by atoms with Crippen LogP contribution in [0, 0.1) is 5.92 Å². The molecule has 2 aromatic carbocycles. The second-order valence-corrected chi connectivity index (χ2v) is 8.70. The molecule has 180 valence electrons. The Labute approximate surface area is 200 Å². The van der Waals surface area contributed by atoms with Gasteiger partial charge in [-0.05, 0) is 17.5 Å². The van der Waals surface area contributed by atoms with Gasteiger partial charge in [-0.25, -0.2) is 9.48 Å². The van der Waals surface area contributed by atoms with Crippen LogP contribution in [0.15, 0.2) is 69.0 Å². The molecule has 4 rings (SSSR count). The maximum atomic E-state index is 13.6. The van der Waals surface area contributed by atoms with E-state index in [0.29, 0.717) is 17.3 Å². The second-order valence-electron chi connectivity index (χ2n) is 8.70. The van der Waals surface area contributed by atoms with E-state index < -0.39 is 17.2 Å². The summed E-state index contributed by atoms with van der Waals surface area (Å²) in [5.74, 6) is -0.679. The number of nitrogens with one attached hydrogen (secondary N) is 1. The lowest BCUT2D eigenvalue weighted by atomic mass is 10.1. The van der Waals surface area contributed by atoms with Crippen molar-refractivity contribution in [3.8, 4) is 0 Å². The van der Waals surface area contributed by atoms with E-state index in [1.165, 1.54) is 16.3 Å². The zero-order chi connectivity index (χ0) is 25.3. The highest BCUT2D eigenvalue weighted by molar-refractivity contribution is 6.12. The normalized spacial score (nSPS) is 11.2. The molecule has 0 unspecified atom stereocenters. The van der Waals surface area contributed by atoms with Gasteiger partial charge in [0.2, 0.25) is 0 Å². The molecule has 2 heterocycles. The molecule has 2 aromatic heterocycles. The van der Waals surface area contributed by atoms with Crippen LogP contribution in [0.5, 0.6) is 0 Å². The van der Waals surface area contributed by atoms with Crippen molar-refractivity contribution in [3.63, 3.8) is 0 Å². The van der Waals surface area contributed by atoms with Crippen LogP contribution in [0.2, 0.25) is 0 Å². The number of amides is 1. The third-order valence-corrected chi connectivity index (χ3v) is 5.65. The minimum Gasteiger partial charge on any atom is -0.383 e. The number of anilines is 2. The number of rotatable bonds is 6. The van der Waals surface area contributed by atoms with E-state index in [4.69, 9.17) is 5.73 Å². The van der Waals surface area contributed by atoms with Crippen LogP contribution in [-0.4, -0.2) is 32.3 Å². The summed E-state index contributed by atoms with van der Waals surface area (Å²) < 4.78 is 2.46. The van der Waals surface area contributed by atoms with Crippen molar-refractivity contribution in [1.29, 1.82) is 0 Å². The fourth-order valence-electron chi connectivity index (χ4n) is 3.95. The Balaban J connectivity index is 1.84.